The van der Waals surface area contributed by atoms with Gasteiger partial charge >= 0.3 is 0 Å². The van der Waals surface area contributed by atoms with Crippen LogP contribution in [-0.2, 0) is 4.74 Å². The van der Waals surface area contributed by atoms with Crippen molar-refractivity contribution in [1.82, 2.24) is 0 Å². The number of halogens is 1. The second kappa shape index (κ2) is 5.27. The van der Waals surface area contributed by atoms with Crippen molar-refractivity contribution < 1.29 is 9.84 Å². The SMILES string of the molecule is BC(OCC)[C@H](Br)CO. The van der Waals surface area contributed by atoms with Crippen molar-refractivity contribution in [2.45, 2.75) is 17.8 Å². The minimum Gasteiger partial charge on any atom is -0.395 e. The molecule has 0 heterocycles. The van der Waals surface area contributed by atoms with Gasteiger partial charge in [-0.15, -0.1) is 0 Å². The predicted molar refractivity (Wildman–Crippen MR) is 43.8 cm³/mol. The number of rotatable bonds is 4. The minimum atomic E-state index is 0.0671. The van der Waals surface area contributed by atoms with Gasteiger partial charge in [0.15, 0.2) is 0 Å². The Hall–Kier alpha value is 0.465. The number of hydrogen-bond acceptors (Lipinski definition) is 2. The van der Waals surface area contributed by atoms with E-state index in [2.05, 4.69) is 15.9 Å². The Morgan fingerprint density at radius 2 is 2.33 bits per heavy atom. The van der Waals surface area contributed by atoms with Gasteiger partial charge in [0.2, 0.25) is 0 Å². The fourth-order valence-electron chi connectivity index (χ4n) is 0.516. The van der Waals surface area contributed by atoms with E-state index in [9.17, 15) is 0 Å². The summed E-state index contributed by atoms with van der Waals surface area (Å²) in [7, 11) is 1.93. The molecular formula is C5H12BBrO2. The van der Waals surface area contributed by atoms with Crippen molar-refractivity contribution in [2.24, 2.45) is 0 Å². The molecule has 1 N–H and O–H groups in total. The normalized spacial score (nSPS) is 17.2. The molecule has 0 saturated heterocycles. The number of ether oxygens (including phenoxy) is 1. The molecule has 0 bridgehead atoms. The molecule has 9 heavy (non-hydrogen) atoms. The lowest BCUT2D eigenvalue weighted by atomic mass is 9.97. The molecule has 0 rings (SSSR count). The predicted octanol–water partition coefficient (Wildman–Crippen LogP) is -0.262. The zero-order valence-corrected chi connectivity index (χ0v) is 7.39. The summed E-state index contributed by atoms with van der Waals surface area (Å²) in [6.07, 6.45) is 0. The van der Waals surface area contributed by atoms with E-state index < -0.39 is 0 Å². The molecule has 2 atom stereocenters. The third-order valence-corrected chi connectivity index (χ3v) is 2.15. The van der Waals surface area contributed by atoms with Crippen LogP contribution in [-0.4, -0.2) is 37.0 Å². The van der Waals surface area contributed by atoms with Crippen LogP contribution in [0.3, 0.4) is 0 Å². The van der Waals surface area contributed by atoms with E-state index in [1.807, 2.05) is 14.8 Å². The van der Waals surface area contributed by atoms with Crippen LogP contribution < -0.4 is 0 Å². The van der Waals surface area contributed by atoms with Crippen LogP contribution >= 0.6 is 15.9 Å². The van der Waals surface area contributed by atoms with Crippen molar-refractivity contribution in [3.05, 3.63) is 0 Å². The first-order chi connectivity index (χ1) is 4.22. The Balaban J connectivity index is 3.32. The Morgan fingerprint density at radius 3 is 2.67 bits per heavy atom. The summed E-state index contributed by atoms with van der Waals surface area (Å²) in [5.41, 5.74) is 0. The standard InChI is InChI=1S/C5H12BBrO2/c1-2-9-5(6)4(7)3-8/h4-5,8H,2-3,6H2,1H3/t4-,5?/m1/s1. The molecule has 4 heteroatoms. The summed E-state index contributed by atoms with van der Waals surface area (Å²) in [5, 5.41) is 8.60. The third-order valence-electron chi connectivity index (χ3n) is 1.11. The van der Waals surface area contributed by atoms with Gasteiger partial charge in [-0.3, -0.25) is 0 Å². The molecule has 0 amide bonds. The van der Waals surface area contributed by atoms with Gasteiger partial charge in [0.05, 0.1) is 11.4 Å². The summed E-state index contributed by atoms with van der Waals surface area (Å²) in [6.45, 7) is 2.76. The van der Waals surface area contributed by atoms with Crippen LogP contribution in [0.15, 0.2) is 0 Å². The molecule has 54 valence electrons. The Kier molecular flexibility index (Phi) is 5.54. The highest BCUT2D eigenvalue weighted by molar-refractivity contribution is 9.09. The molecule has 0 fully saturated rings. The molecule has 0 aliphatic carbocycles. The van der Waals surface area contributed by atoms with Gasteiger partial charge in [0.25, 0.3) is 0 Å². The summed E-state index contributed by atoms with van der Waals surface area (Å²) in [5.74, 6) is 0. The lowest BCUT2D eigenvalue weighted by Crippen LogP contribution is -2.27. The Morgan fingerprint density at radius 1 is 1.78 bits per heavy atom. The lowest BCUT2D eigenvalue weighted by molar-refractivity contribution is 0.104. The highest BCUT2D eigenvalue weighted by Gasteiger charge is 2.11. The topological polar surface area (TPSA) is 29.5 Å². The summed E-state index contributed by atoms with van der Waals surface area (Å²) < 4.78 is 5.19. The maximum absolute atomic E-state index is 8.60. The van der Waals surface area contributed by atoms with E-state index in [1.165, 1.54) is 0 Å². The number of aliphatic hydroxyl groups excluding tert-OH is 1. The van der Waals surface area contributed by atoms with Crippen molar-refractivity contribution >= 4 is 23.8 Å². The van der Waals surface area contributed by atoms with Crippen molar-refractivity contribution in [3.63, 3.8) is 0 Å². The molecular weight excluding hydrogens is 183 g/mol. The van der Waals surface area contributed by atoms with E-state index >= 15 is 0 Å². The Labute approximate surface area is 65.1 Å². The summed E-state index contributed by atoms with van der Waals surface area (Å²) in [4.78, 5) is 0.0671. The maximum Gasteiger partial charge on any atom is 0.140 e. The van der Waals surface area contributed by atoms with Gasteiger partial charge in [-0.25, -0.2) is 0 Å². The molecule has 0 saturated carbocycles. The molecule has 0 spiro atoms. The second-order valence-corrected chi connectivity index (χ2v) is 3.04. The van der Waals surface area contributed by atoms with Crippen LogP contribution in [0.25, 0.3) is 0 Å². The van der Waals surface area contributed by atoms with Gasteiger partial charge in [-0.1, -0.05) is 15.9 Å². The highest BCUT2D eigenvalue weighted by Crippen LogP contribution is 2.04. The second-order valence-electron chi connectivity index (χ2n) is 1.86. The molecule has 0 aromatic heterocycles. The van der Waals surface area contributed by atoms with E-state index in [0.717, 1.165) is 0 Å². The van der Waals surface area contributed by atoms with Crippen LogP contribution in [0.2, 0.25) is 0 Å². The molecule has 1 unspecified atom stereocenters. The lowest BCUT2D eigenvalue weighted by Gasteiger charge is -2.15. The van der Waals surface area contributed by atoms with E-state index in [4.69, 9.17) is 9.84 Å². The fraction of sp³-hybridized carbons (Fsp3) is 1.00. The number of aliphatic hydroxyl groups is 1. The first-order valence-corrected chi connectivity index (χ1v) is 4.00. The fourth-order valence-corrected chi connectivity index (χ4v) is 0.668. The van der Waals surface area contributed by atoms with Crippen LogP contribution in [0.4, 0.5) is 0 Å². The average molecular weight is 195 g/mol. The van der Waals surface area contributed by atoms with Gasteiger partial charge in [0.1, 0.15) is 7.85 Å². The quantitative estimate of drug-likeness (QED) is 0.494. The zero-order valence-electron chi connectivity index (χ0n) is 5.80. The van der Waals surface area contributed by atoms with E-state index in [0.29, 0.717) is 6.61 Å². The van der Waals surface area contributed by atoms with Crippen LogP contribution in [0.1, 0.15) is 6.92 Å². The van der Waals surface area contributed by atoms with Gasteiger partial charge < -0.3 is 9.84 Å². The molecule has 0 radical (unpaired) electrons. The van der Waals surface area contributed by atoms with E-state index in [-0.39, 0.29) is 17.4 Å². The zero-order chi connectivity index (χ0) is 7.28. The Bertz CT molecular complexity index is 72.0. The largest absolute Gasteiger partial charge is 0.395 e. The van der Waals surface area contributed by atoms with Gasteiger partial charge in [-0.05, 0) is 6.92 Å². The number of hydrogen-bond donors (Lipinski definition) is 1. The minimum absolute atomic E-state index is 0.0671. The van der Waals surface area contributed by atoms with Crippen LogP contribution in [0.5, 0.6) is 0 Å². The smallest absolute Gasteiger partial charge is 0.140 e. The third kappa shape index (κ3) is 3.95. The first-order valence-electron chi connectivity index (χ1n) is 3.08. The summed E-state index contributed by atoms with van der Waals surface area (Å²) in [6, 6.07) is 0.0972. The molecule has 0 aliphatic rings. The average Bonchev–Trinajstić information content (AvgIpc) is 1.87. The monoisotopic (exact) mass is 194 g/mol. The van der Waals surface area contributed by atoms with Crippen molar-refractivity contribution in [2.75, 3.05) is 13.2 Å². The summed E-state index contributed by atoms with van der Waals surface area (Å²) >= 11 is 3.27. The molecule has 0 aromatic rings. The molecule has 0 aromatic carbocycles. The van der Waals surface area contributed by atoms with Crippen molar-refractivity contribution in [1.29, 1.82) is 0 Å². The van der Waals surface area contributed by atoms with Gasteiger partial charge in [0, 0.05) is 12.6 Å². The van der Waals surface area contributed by atoms with E-state index in [1.54, 1.807) is 0 Å². The number of alkyl halides is 1. The maximum atomic E-state index is 8.60. The molecule has 2 nitrogen and oxygen atoms in total. The molecule has 0 aliphatic heterocycles. The van der Waals surface area contributed by atoms with Crippen molar-refractivity contribution in [3.8, 4) is 0 Å². The highest BCUT2D eigenvalue weighted by atomic mass is 79.9. The van der Waals surface area contributed by atoms with Crippen LogP contribution in [0, 0.1) is 0 Å². The van der Waals surface area contributed by atoms with Gasteiger partial charge in [-0.2, -0.15) is 0 Å². The first kappa shape index (κ1) is 9.46.